The van der Waals surface area contributed by atoms with Crippen molar-refractivity contribution in [3.63, 3.8) is 0 Å². The number of rotatable bonds is 2. The van der Waals surface area contributed by atoms with E-state index in [1.807, 2.05) is 0 Å². The van der Waals surface area contributed by atoms with Gasteiger partial charge < -0.3 is 15.8 Å². The van der Waals surface area contributed by atoms with Crippen molar-refractivity contribution < 1.29 is 18.7 Å². The number of nitrogens with zero attached hydrogens (tertiary/aromatic N) is 1. The fraction of sp³-hybridized carbons (Fsp3) is 0.111. The first-order valence-corrected chi connectivity index (χ1v) is 4.78. The first-order chi connectivity index (χ1) is 7.91. The fourth-order valence-corrected chi connectivity index (χ4v) is 1.67. The number of anilines is 1. The van der Waals surface area contributed by atoms with Crippen LogP contribution in [0.25, 0.3) is 11.0 Å². The van der Waals surface area contributed by atoms with E-state index in [4.69, 9.17) is 22.4 Å². The molecule has 1 aromatic heterocycles. The number of nitrogen functional groups attached to an aromatic ring is 1. The molecule has 1 heterocycles. The van der Waals surface area contributed by atoms with E-state index in [2.05, 4.69) is 9.97 Å². The first-order valence-electron chi connectivity index (χ1n) is 4.41. The average molecular weight is 262 g/mol. The summed E-state index contributed by atoms with van der Waals surface area (Å²) in [6.07, 6.45) is -2.80. The molecule has 2 rings (SSSR count). The van der Waals surface area contributed by atoms with Crippen LogP contribution in [-0.4, -0.2) is 21.0 Å². The molecule has 1 aromatic carbocycles. The number of H-pyrrole nitrogens is 1. The van der Waals surface area contributed by atoms with Crippen molar-refractivity contribution in [1.29, 1.82) is 0 Å². The fourth-order valence-electron chi connectivity index (χ4n) is 1.43. The molecule has 0 radical (unpaired) electrons. The number of nitrogens with two attached hydrogens (primary N) is 1. The Kier molecular flexibility index (Phi) is 2.62. The third kappa shape index (κ3) is 1.78. The molecule has 0 saturated heterocycles. The Morgan fingerprint density at radius 3 is 2.76 bits per heavy atom. The van der Waals surface area contributed by atoms with Crippen LogP contribution in [0.4, 0.5) is 14.5 Å². The largest absolute Gasteiger partial charge is 0.478 e. The number of aromatic nitrogens is 2. The minimum absolute atomic E-state index is 0.0319. The standard InChI is InChI=1S/C9H6ClF2N3O2/c10-4-5(13)2(9(16)17)1-3-6(4)15-8(14-3)7(11)12/h1,7H,13H2,(H,14,15)(H,16,17). The molecule has 0 fully saturated rings. The maximum Gasteiger partial charge on any atom is 0.337 e. The minimum Gasteiger partial charge on any atom is -0.478 e. The molecule has 0 atom stereocenters. The number of carboxylic acids is 1. The molecule has 0 saturated carbocycles. The highest BCUT2D eigenvalue weighted by Gasteiger charge is 2.20. The lowest BCUT2D eigenvalue weighted by Gasteiger charge is -2.03. The Bertz CT molecular complexity index is 612. The number of carbonyl (C=O) groups is 1. The predicted octanol–water partition coefficient (Wildman–Crippen LogP) is 2.43. The second-order valence-corrected chi connectivity index (χ2v) is 3.65. The number of imidazole rings is 1. The molecule has 8 heteroatoms. The predicted molar refractivity (Wildman–Crippen MR) is 57.4 cm³/mol. The number of aromatic carboxylic acids is 1. The SMILES string of the molecule is Nc1c(C(=O)O)cc2[nH]c(C(F)F)nc2c1Cl. The summed E-state index contributed by atoms with van der Waals surface area (Å²) in [4.78, 5) is 16.7. The smallest absolute Gasteiger partial charge is 0.337 e. The summed E-state index contributed by atoms with van der Waals surface area (Å²) in [5, 5.41) is 8.69. The lowest BCUT2D eigenvalue weighted by Crippen LogP contribution is -2.03. The van der Waals surface area contributed by atoms with E-state index in [1.54, 1.807) is 0 Å². The normalized spacial score (nSPS) is 11.3. The highest BCUT2D eigenvalue weighted by atomic mass is 35.5. The topological polar surface area (TPSA) is 92.0 Å². The van der Waals surface area contributed by atoms with E-state index in [-0.39, 0.29) is 27.3 Å². The number of hydrogen-bond acceptors (Lipinski definition) is 3. The van der Waals surface area contributed by atoms with E-state index in [0.29, 0.717) is 0 Å². The summed E-state index contributed by atoms with van der Waals surface area (Å²) < 4.78 is 24.8. The number of fused-ring (bicyclic) bond motifs is 1. The van der Waals surface area contributed by atoms with Crippen molar-refractivity contribution in [2.45, 2.75) is 6.43 Å². The highest BCUT2D eigenvalue weighted by Crippen LogP contribution is 2.32. The van der Waals surface area contributed by atoms with Crippen molar-refractivity contribution in [2.24, 2.45) is 0 Å². The Balaban J connectivity index is 2.77. The lowest BCUT2D eigenvalue weighted by atomic mass is 10.1. The van der Waals surface area contributed by atoms with Crippen LogP contribution >= 0.6 is 11.6 Å². The summed E-state index contributed by atoms with van der Waals surface area (Å²) in [5.74, 6) is -1.87. The second-order valence-electron chi connectivity index (χ2n) is 3.28. The van der Waals surface area contributed by atoms with Gasteiger partial charge in [-0.3, -0.25) is 0 Å². The highest BCUT2D eigenvalue weighted by molar-refractivity contribution is 6.38. The molecule has 5 nitrogen and oxygen atoms in total. The van der Waals surface area contributed by atoms with Crippen molar-refractivity contribution in [2.75, 3.05) is 5.73 Å². The van der Waals surface area contributed by atoms with Gasteiger partial charge in [0.05, 0.1) is 21.8 Å². The van der Waals surface area contributed by atoms with Crippen LogP contribution in [0, 0.1) is 0 Å². The molecule has 0 amide bonds. The minimum atomic E-state index is -2.80. The molecule has 90 valence electrons. The van der Waals surface area contributed by atoms with Crippen LogP contribution in [0.15, 0.2) is 6.07 Å². The third-order valence-corrected chi connectivity index (χ3v) is 2.59. The summed E-state index contributed by atoms with van der Waals surface area (Å²) in [6.45, 7) is 0. The number of benzene rings is 1. The van der Waals surface area contributed by atoms with E-state index in [9.17, 15) is 13.6 Å². The van der Waals surface area contributed by atoms with Gasteiger partial charge in [0.2, 0.25) is 0 Å². The van der Waals surface area contributed by atoms with Crippen molar-refractivity contribution in [3.05, 3.63) is 22.5 Å². The number of halogens is 3. The number of alkyl halides is 2. The van der Waals surface area contributed by atoms with Gasteiger partial charge in [0.15, 0.2) is 5.82 Å². The van der Waals surface area contributed by atoms with Gasteiger partial charge in [-0.1, -0.05) is 11.6 Å². The molecular weight excluding hydrogens is 256 g/mol. The maximum absolute atomic E-state index is 12.4. The van der Waals surface area contributed by atoms with Crippen molar-refractivity contribution in [3.8, 4) is 0 Å². The number of nitrogens with one attached hydrogen (secondary N) is 1. The second kappa shape index (κ2) is 3.85. The van der Waals surface area contributed by atoms with Gasteiger partial charge in [-0.15, -0.1) is 0 Å². The average Bonchev–Trinajstić information content (AvgIpc) is 2.67. The molecule has 0 spiro atoms. The van der Waals surface area contributed by atoms with Crippen LogP contribution in [0.3, 0.4) is 0 Å². The molecule has 4 N–H and O–H groups in total. The Morgan fingerprint density at radius 1 is 1.59 bits per heavy atom. The number of aromatic amines is 1. The third-order valence-electron chi connectivity index (χ3n) is 2.21. The molecular formula is C9H6ClF2N3O2. The van der Waals surface area contributed by atoms with Gasteiger partial charge in [0, 0.05) is 0 Å². The Morgan fingerprint density at radius 2 is 2.24 bits per heavy atom. The number of carboxylic acid groups (broad SMARTS) is 1. The molecule has 2 aromatic rings. The van der Waals surface area contributed by atoms with Crippen LogP contribution in [0.5, 0.6) is 0 Å². The van der Waals surface area contributed by atoms with Gasteiger partial charge in [-0.2, -0.15) is 0 Å². The Labute approximate surface area is 98.2 Å². The molecule has 17 heavy (non-hydrogen) atoms. The van der Waals surface area contributed by atoms with E-state index in [1.165, 1.54) is 0 Å². The van der Waals surface area contributed by atoms with Gasteiger partial charge >= 0.3 is 5.97 Å². The molecule has 0 aliphatic carbocycles. The zero-order valence-corrected chi connectivity index (χ0v) is 8.92. The van der Waals surface area contributed by atoms with Gasteiger partial charge in [0.25, 0.3) is 6.43 Å². The van der Waals surface area contributed by atoms with Gasteiger partial charge in [0.1, 0.15) is 5.52 Å². The molecule has 0 bridgehead atoms. The molecule has 0 aliphatic heterocycles. The summed E-state index contributed by atoms with van der Waals surface area (Å²) in [7, 11) is 0. The zero-order chi connectivity index (χ0) is 12.7. The summed E-state index contributed by atoms with van der Waals surface area (Å²) >= 11 is 5.78. The summed E-state index contributed by atoms with van der Waals surface area (Å²) in [5.41, 5.74) is 5.17. The quantitative estimate of drug-likeness (QED) is 0.724. The molecule has 0 unspecified atom stereocenters. The Hall–Kier alpha value is -1.89. The lowest BCUT2D eigenvalue weighted by molar-refractivity contribution is 0.0698. The van der Waals surface area contributed by atoms with E-state index in [0.717, 1.165) is 6.07 Å². The van der Waals surface area contributed by atoms with Gasteiger partial charge in [-0.05, 0) is 6.07 Å². The van der Waals surface area contributed by atoms with Crippen LogP contribution in [0.2, 0.25) is 5.02 Å². The maximum atomic E-state index is 12.4. The van der Waals surface area contributed by atoms with Crippen LogP contribution < -0.4 is 5.73 Å². The van der Waals surface area contributed by atoms with Gasteiger partial charge in [-0.25, -0.2) is 18.6 Å². The first kappa shape index (κ1) is 11.6. The van der Waals surface area contributed by atoms with Crippen molar-refractivity contribution in [1.82, 2.24) is 9.97 Å². The monoisotopic (exact) mass is 261 g/mol. The summed E-state index contributed by atoms with van der Waals surface area (Å²) in [6, 6.07) is 1.12. The number of hydrogen-bond donors (Lipinski definition) is 3. The van der Waals surface area contributed by atoms with Crippen LogP contribution in [0.1, 0.15) is 22.6 Å². The van der Waals surface area contributed by atoms with Crippen molar-refractivity contribution >= 4 is 34.3 Å². The van der Waals surface area contributed by atoms with Crippen LogP contribution in [-0.2, 0) is 0 Å². The van der Waals surface area contributed by atoms with E-state index >= 15 is 0 Å². The zero-order valence-electron chi connectivity index (χ0n) is 8.17. The van der Waals surface area contributed by atoms with E-state index < -0.39 is 18.2 Å². The molecule has 0 aliphatic rings.